The van der Waals surface area contributed by atoms with Gasteiger partial charge in [0.15, 0.2) is 11.8 Å². The molecule has 1 amide bonds. The summed E-state index contributed by atoms with van der Waals surface area (Å²) < 4.78 is 6.84. The van der Waals surface area contributed by atoms with E-state index in [1.54, 1.807) is 18.2 Å². The number of nitrogen functional groups attached to an aromatic ring is 1. The summed E-state index contributed by atoms with van der Waals surface area (Å²) in [6.45, 7) is 3.80. The molecular formula is C18H22Cl2N4O4. The molecule has 0 radical (unpaired) electrons. The van der Waals surface area contributed by atoms with Crippen molar-refractivity contribution in [1.29, 1.82) is 0 Å². The highest BCUT2D eigenvalue weighted by Gasteiger charge is 2.26. The van der Waals surface area contributed by atoms with Gasteiger partial charge in [-0.25, -0.2) is 4.79 Å². The zero-order chi connectivity index (χ0) is 21.0. The normalized spacial score (nSPS) is 11.9. The minimum atomic E-state index is -0.990. The summed E-state index contributed by atoms with van der Waals surface area (Å²) in [5.41, 5.74) is 4.55. The second-order valence-electron chi connectivity index (χ2n) is 6.21. The van der Waals surface area contributed by atoms with Crippen molar-refractivity contribution in [3.8, 4) is 5.75 Å². The Kier molecular flexibility index (Phi) is 7.15. The van der Waals surface area contributed by atoms with Crippen molar-refractivity contribution in [2.45, 2.75) is 39.3 Å². The highest BCUT2D eigenvalue weighted by molar-refractivity contribution is 6.42. The maximum absolute atomic E-state index is 12.8. The standard InChI is InChI=1S/C18H22Cl2N4O4/c1-4-5-9-24-15(21)14(16(25)22-18(24)27)23(3)17(26)10(2)28-12-8-6-7-11(19)13(12)20/h6-8,10H,4-5,9,21H2,1-3H3,(H,22,25,27). The maximum atomic E-state index is 12.8. The third-order valence-electron chi connectivity index (χ3n) is 4.18. The maximum Gasteiger partial charge on any atom is 0.330 e. The molecule has 0 aliphatic heterocycles. The van der Waals surface area contributed by atoms with Crippen LogP contribution in [0.15, 0.2) is 27.8 Å². The van der Waals surface area contributed by atoms with Gasteiger partial charge in [-0.05, 0) is 25.5 Å². The molecule has 8 nitrogen and oxygen atoms in total. The van der Waals surface area contributed by atoms with Crippen LogP contribution in [0.25, 0.3) is 0 Å². The Labute approximate surface area is 171 Å². The quantitative estimate of drug-likeness (QED) is 0.703. The van der Waals surface area contributed by atoms with Crippen LogP contribution in [0.3, 0.4) is 0 Å². The van der Waals surface area contributed by atoms with Crippen molar-refractivity contribution >= 4 is 40.6 Å². The minimum absolute atomic E-state index is 0.0777. The second kappa shape index (κ2) is 9.16. The minimum Gasteiger partial charge on any atom is -0.479 e. The van der Waals surface area contributed by atoms with Crippen LogP contribution < -0.4 is 26.6 Å². The summed E-state index contributed by atoms with van der Waals surface area (Å²) in [6.07, 6.45) is 0.538. The molecule has 1 atom stereocenters. The van der Waals surface area contributed by atoms with E-state index in [4.69, 9.17) is 33.7 Å². The van der Waals surface area contributed by atoms with Gasteiger partial charge >= 0.3 is 5.69 Å². The molecule has 0 bridgehead atoms. The third-order valence-corrected chi connectivity index (χ3v) is 4.98. The van der Waals surface area contributed by atoms with Gasteiger partial charge in [-0.1, -0.05) is 42.6 Å². The van der Waals surface area contributed by atoms with E-state index in [1.165, 1.54) is 18.5 Å². The van der Waals surface area contributed by atoms with Crippen molar-refractivity contribution < 1.29 is 9.53 Å². The molecule has 28 heavy (non-hydrogen) atoms. The number of nitrogens with one attached hydrogen (secondary N) is 1. The van der Waals surface area contributed by atoms with Crippen LogP contribution >= 0.6 is 23.2 Å². The van der Waals surface area contributed by atoms with E-state index in [-0.39, 0.29) is 27.3 Å². The van der Waals surface area contributed by atoms with Gasteiger partial charge in [-0.2, -0.15) is 0 Å². The predicted molar refractivity (Wildman–Crippen MR) is 111 cm³/mol. The number of anilines is 2. The molecule has 3 N–H and O–H groups in total. The second-order valence-corrected chi connectivity index (χ2v) is 6.99. The number of H-pyrrole nitrogens is 1. The molecule has 1 aromatic carbocycles. The van der Waals surface area contributed by atoms with Crippen LogP contribution in [0.4, 0.5) is 11.5 Å². The van der Waals surface area contributed by atoms with Crippen molar-refractivity contribution in [1.82, 2.24) is 9.55 Å². The van der Waals surface area contributed by atoms with Crippen LogP contribution in [-0.4, -0.2) is 28.6 Å². The zero-order valence-electron chi connectivity index (χ0n) is 15.8. The molecule has 2 aromatic rings. The number of hydrogen-bond acceptors (Lipinski definition) is 5. The summed E-state index contributed by atoms with van der Waals surface area (Å²) in [5, 5.41) is 0.466. The Morgan fingerprint density at radius 1 is 1.36 bits per heavy atom. The smallest absolute Gasteiger partial charge is 0.330 e. The highest BCUT2D eigenvalue weighted by Crippen LogP contribution is 2.32. The average molecular weight is 429 g/mol. The lowest BCUT2D eigenvalue weighted by Crippen LogP contribution is -2.43. The Hall–Kier alpha value is -2.45. The number of amides is 1. The molecule has 2 rings (SSSR count). The number of nitrogens with two attached hydrogens (primary N) is 1. The molecule has 1 unspecified atom stereocenters. The Bertz CT molecular complexity index is 987. The molecule has 0 aliphatic carbocycles. The lowest BCUT2D eigenvalue weighted by Gasteiger charge is -2.24. The van der Waals surface area contributed by atoms with Gasteiger partial charge in [0.2, 0.25) is 0 Å². The molecule has 0 aliphatic rings. The Balaban J connectivity index is 2.33. The molecule has 1 heterocycles. The Morgan fingerprint density at radius 2 is 2.04 bits per heavy atom. The lowest BCUT2D eigenvalue weighted by atomic mass is 10.3. The number of aromatic nitrogens is 2. The van der Waals surface area contributed by atoms with E-state index in [2.05, 4.69) is 4.98 Å². The summed E-state index contributed by atoms with van der Waals surface area (Å²) >= 11 is 12.0. The number of ether oxygens (including phenoxy) is 1. The fraction of sp³-hybridized carbons (Fsp3) is 0.389. The number of hydrogen-bond donors (Lipinski definition) is 2. The van der Waals surface area contributed by atoms with Gasteiger partial charge in [-0.15, -0.1) is 0 Å². The van der Waals surface area contributed by atoms with Crippen LogP contribution in [-0.2, 0) is 11.3 Å². The van der Waals surface area contributed by atoms with Gasteiger partial charge in [0.25, 0.3) is 11.5 Å². The molecule has 0 spiro atoms. The first-order valence-corrected chi connectivity index (χ1v) is 9.45. The number of rotatable bonds is 7. The van der Waals surface area contributed by atoms with E-state index in [1.807, 2.05) is 6.92 Å². The number of unbranched alkanes of at least 4 members (excludes halogenated alkanes) is 1. The number of carbonyl (C=O) groups excluding carboxylic acids is 1. The molecule has 0 saturated heterocycles. The van der Waals surface area contributed by atoms with Crippen molar-refractivity contribution in [3.63, 3.8) is 0 Å². The highest BCUT2D eigenvalue weighted by atomic mass is 35.5. The van der Waals surface area contributed by atoms with Gasteiger partial charge in [0.1, 0.15) is 16.6 Å². The average Bonchev–Trinajstić information content (AvgIpc) is 2.64. The number of halogens is 2. The van der Waals surface area contributed by atoms with E-state index >= 15 is 0 Å². The van der Waals surface area contributed by atoms with E-state index < -0.39 is 23.3 Å². The monoisotopic (exact) mass is 428 g/mol. The fourth-order valence-electron chi connectivity index (χ4n) is 2.64. The first kappa shape index (κ1) is 21.8. The summed E-state index contributed by atoms with van der Waals surface area (Å²) in [7, 11) is 1.39. The first-order valence-electron chi connectivity index (χ1n) is 8.69. The molecular weight excluding hydrogens is 407 g/mol. The molecule has 0 fully saturated rings. The van der Waals surface area contributed by atoms with Crippen molar-refractivity contribution in [3.05, 3.63) is 49.1 Å². The zero-order valence-corrected chi connectivity index (χ0v) is 17.3. The van der Waals surface area contributed by atoms with Gasteiger partial charge in [-0.3, -0.25) is 19.1 Å². The topological polar surface area (TPSA) is 110 Å². The molecule has 1 aromatic heterocycles. The SMILES string of the molecule is CCCCn1c(N)c(N(C)C(=O)C(C)Oc2cccc(Cl)c2Cl)c(=O)[nH]c1=O. The van der Waals surface area contributed by atoms with E-state index in [9.17, 15) is 14.4 Å². The first-order chi connectivity index (χ1) is 13.2. The Morgan fingerprint density at radius 3 is 2.68 bits per heavy atom. The third kappa shape index (κ3) is 4.51. The summed E-state index contributed by atoms with van der Waals surface area (Å²) in [5.74, 6) is -0.391. The number of likely N-dealkylation sites (N-methyl/N-ethyl adjacent to an activating group) is 1. The summed E-state index contributed by atoms with van der Waals surface area (Å²) in [4.78, 5) is 40.4. The predicted octanol–water partition coefficient (Wildman–Crippen LogP) is 2.66. The summed E-state index contributed by atoms with van der Waals surface area (Å²) in [6, 6.07) is 4.80. The lowest BCUT2D eigenvalue weighted by molar-refractivity contribution is -0.124. The van der Waals surface area contributed by atoms with Crippen LogP contribution in [0.2, 0.25) is 10.0 Å². The largest absolute Gasteiger partial charge is 0.479 e. The van der Waals surface area contributed by atoms with E-state index in [0.717, 1.165) is 11.3 Å². The van der Waals surface area contributed by atoms with Gasteiger partial charge < -0.3 is 15.4 Å². The van der Waals surface area contributed by atoms with E-state index in [0.29, 0.717) is 13.0 Å². The number of nitrogens with zero attached hydrogens (tertiary/aromatic N) is 2. The molecule has 0 saturated carbocycles. The van der Waals surface area contributed by atoms with Crippen LogP contribution in [0.5, 0.6) is 5.75 Å². The van der Waals surface area contributed by atoms with Crippen molar-refractivity contribution in [2.75, 3.05) is 17.7 Å². The van der Waals surface area contributed by atoms with Crippen molar-refractivity contribution in [2.24, 2.45) is 0 Å². The number of carbonyl (C=O) groups is 1. The van der Waals surface area contributed by atoms with Crippen LogP contribution in [0.1, 0.15) is 26.7 Å². The fourth-order valence-corrected chi connectivity index (χ4v) is 2.97. The number of aromatic amines is 1. The van der Waals surface area contributed by atoms with Gasteiger partial charge in [0.05, 0.1) is 5.02 Å². The molecule has 152 valence electrons. The van der Waals surface area contributed by atoms with Gasteiger partial charge in [0, 0.05) is 13.6 Å². The van der Waals surface area contributed by atoms with Crippen LogP contribution in [0, 0.1) is 0 Å². The number of benzene rings is 1. The molecule has 10 heteroatoms.